The molecule has 1 atom stereocenters. The van der Waals surface area contributed by atoms with Crippen LogP contribution in [0, 0.1) is 5.92 Å². The normalized spacial score (nSPS) is 17.0. The molecule has 28 heavy (non-hydrogen) atoms. The van der Waals surface area contributed by atoms with Crippen molar-refractivity contribution in [3.05, 3.63) is 42.4 Å². The molecule has 3 rings (SSSR count). The highest BCUT2D eigenvalue weighted by Gasteiger charge is 2.28. The summed E-state index contributed by atoms with van der Waals surface area (Å²) < 4.78 is 6.91. The van der Waals surface area contributed by atoms with Crippen LogP contribution in [0.5, 0.6) is 0 Å². The van der Waals surface area contributed by atoms with E-state index < -0.39 is 0 Å². The first-order valence-corrected chi connectivity index (χ1v) is 9.28. The Bertz CT molecular complexity index is 780. The van der Waals surface area contributed by atoms with E-state index in [4.69, 9.17) is 4.74 Å². The van der Waals surface area contributed by atoms with E-state index in [1.807, 2.05) is 31.3 Å². The molecule has 2 aromatic rings. The monoisotopic (exact) mass is 498 g/mol. The number of aromatic nitrogens is 3. The average molecular weight is 498 g/mol. The molecule has 3 heterocycles. The van der Waals surface area contributed by atoms with Crippen LogP contribution in [0.3, 0.4) is 0 Å². The first-order valence-electron chi connectivity index (χ1n) is 9.28. The van der Waals surface area contributed by atoms with Crippen molar-refractivity contribution in [1.82, 2.24) is 25.0 Å². The second-order valence-electron chi connectivity index (χ2n) is 6.41. The predicted octanol–water partition coefficient (Wildman–Crippen LogP) is 2.24. The molecule has 1 saturated heterocycles. The number of rotatable bonds is 5. The van der Waals surface area contributed by atoms with E-state index in [1.165, 1.54) is 0 Å². The van der Waals surface area contributed by atoms with Crippen LogP contribution in [0.2, 0.25) is 0 Å². The molecule has 0 spiro atoms. The standard InChI is InChI=1S/C19H26N6O2.HI/c1-3-27-18(26)16-6-4-10-24(14-16)19(20-2)22-13-15-7-9-21-17(12-15)25-11-5-8-23-25;/h5,7-9,11-12,16H,3-4,6,10,13-14H2,1-2H3,(H,20,22);1H. The van der Waals surface area contributed by atoms with Gasteiger partial charge in [-0.3, -0.25) is 9.79 Å². The number of piperidine rings is 1. The van der Waals surface area contributed by atoms with E-state index in [2.05, 4.69) is 25.3 Å². The van der Waals surface area contributed by atoms with Gasteiger partial charge in [0.2, 0.25) is 0 Å². The van der Waals surface area contributed by atoms with Crippen LogP contribution in [-0.2, 0) is 16.1 Å². The Hall–Kier alpha value is -2.17. The molecule has 0 saturated carbocycles. The van der Waals surface area contributed by atoms with Gasteiger partial charge in [-0.05, 0) is 43.5 Å². The van der Waals surface area contributed by atoms with Crippen molar-refractivity contribution in [2.45, 2.75) is 26.3 Å². The molecule has 0 aliphatic carbocycles. The number of guanidine groups is 1. The maximum Gasteiger partial charge on any atom is 0.310 e. The molecule has 0 aromatic carbocycles. The minimum absolute atomic E-state index is 0. The van der Waals surface area contributed by atoms with Crippen LogP contribution in [0.15, 0.2) is 41.8 Å². The molecule has 9 heteroatoms. The van der Waals surface area contributed by atoms with E-state index in [9.17, 15) is 4.79 Å². The van der Waals surface area contributed by atoms with E-state index in [0.717, 1.165) is 36.7 Å². The van der Waals surface area contributed by atoms with Gasteiger partial charge in [0.15, 0.2) is 11.8 Å². The van der Waals surface area contributed by atoms with Crippen molar-refractivity contribution in [1.29, 1.82) is 0 Å². The van der Waals surface area contributed by atoms with Crippen molar-refractivity contribution in [3.63, 3.8) is 0 Å². The fourth-order valence-corrected chi connectivity index (χ4v) is 3.24. The van der Waals surface area contributed by atoms with Gasteiger partial charge in [0, 0.05) is 45.3 Å². The first-order chi connectivity index (χ1) is 13.2. The summed E-state index contributed by atoms with van der Waals surface area (Å²) in [6.45, 7) is 4.38. The Kier molecular flexibility index (Phi) is 8.68. The smallest absolute Gasteiger partial charge is 0.310 e. The second-order valence-corrected chi connectivity index (χ2v) is 6.41. The molecule has 1 aliphatic rings. The van der Waals surface area contributed by atoms with Crippen molar-refractivity contribution in [2.24, 2.45) is 10.9 Å². The van der Waals surface area contributed by atoms with Gasteiger partial charge in [0.05, 0.1) is 12.5 Å². The van der Waals surface area contributed by atoms with Gasteiger partial charge >= 0.3 is 5.97 Å². The highest BCUT2D eigenvalue weighted by molar-refractivity contribution is 14.0. The molecule has 1 fully saturated rings. The van der Waals surface area contributed by atoms with Gasteiger partial charge in [0.25, 0.3) is 0 Å². The Labute approximate surface area is 182 Å². The Morgan fingerprint density at radius 2 is 2.29 bits per heavy atom. The summed E-state index contributed by atoms with van der Waals surface area (Å²) in [6.07, 6.45) is 7.17. The minimum Gasteiger partial charge on any atom is -0.466 e. The van der Waals surface area contributed by atoms with Crippen LogP contribution in [0.4, 0.5) is 0 Å². The lowest BCUT2D eigenvalue weighted by Gasteiger charge is -2.34. The number of ether oxygens (including phenoxy) is 1. The third kappa shape index (κ3) is 5.66. The molecule has 8 nitrogen and oxygen atoms in total. The number of hydrogen-bond donors (Lipinski definition) is 1. The SMILES string of the molecule is CCOC(=O)C1CCCN(C(=NC)NCc2ccnc(-n3cccn3)c2)C1.I. The number of esters is 1. The number of likely N-dealkylation sites (tertiary alicyclic amines) is 1. The molecular weight excluding hydrogens is 471 g/mol. The summed E-state index contributed by atoms with van der Waals surface area (Å²) >= 11 is 0. The van der Waals surface area contributed by atoms with E-state index in [-0.39, 0.29) is 35.9 Å². The summed E-state index contributed by atoms with van der Waals surface area (Å²) in [7, 11) is 1.76. The van der Waals surface area contributed by atoms with Gasteiger partial charge in [-0.1, -0.05) is 0 Å². The minimum atomic E-state index is -0.115. The largest absolute Gasteiger partial charge is 0.466 e. The van der Waals surface area contributed by atoms with Crippen LogP contribution in [-0.4, -0.2) is 58.3 Å². The van der Waals surface area contributed by atoms with Crippen molar-refractivity contribution < 1.29 is 9.53 Å². The molecule has 0 radical (unpaired) electrons. The van der Waals surface area contributed by atoms with Crippen molar-refractivity contribution >= 4 is 35.9 Å². The molecule has 0 amide bonds. The van der Waals surface area contributed by atoms with Crippen LogP contribution in [0.1, 0.15) is 25.3 Å². The van der Waals surface area contributed by atoms with Crippen molar-refractivity contribution in [3.8, 4) is 5.82 Å². The number of carbonyl (C=O) groups is 1. The third-order valence-corrected chi connectivity index (χ3v) is 4.55. The molecule has 152 valence electrons. The maximum atomic E-state index is 12.1. The first kappa shape index (κ1) is 22.1. The fraction of sp³-hybridized carbons (Fsp3) is 0.474. The van der Waals surface area contributed by atoms with Gasteiger partial charge in [-0.15, -0.1) is 24.0 Å². The molecule has 1 unspecified atom stereocenters. The van der Waals surface area contributed by atoms with Crippen LogP contribution >= 0.6 is 24.0 Å². The maximum absolute atomic E-state index is 12.1. The Balaban J connectivity index is 0.00000280. The zero-order valence-corrected chi connectivity index (χ0v) is 18.6. The summed E-state index contributed by atoms with van der Waals surface area (Å²) in [5.41, 5.74) is 1.08. The lowest BCUT2D eigenvalue weighted by atomic mass is 9.98. The van der Waals surface area contributed by atoms with Crippen molar-refractivity contribution in [2.75, 3.05) is 26.7 Å². The highest BCUT2D eigenvalue weighted by Crippen LogP contribution is 2.18. The topological polar surface area (TPSA) is 84.6 Å². The number of carbonyl (C=O) groups excluding carboxylic acids is 1. The van der Waals surface area contributed by atoms with E-state index in [0.29, 0.717) is 19.7 Å². The van der Waals surface area contributed by atoms with E-state index in [1.54, 1.807) is 24.1 Å². The summed E-state index contributed by atoms with van der Waals surface area (Å²) in [6, 6.07) is 5.82. The summed E-state index contributed by atoms with van der Waals surface area (Å²) in [5.74, 6) is 1.36. The van der Waals surface area contributed by atoms with Crippen LogP contribution < -0.4 is 5.32 Å². The predicted molar refractivity (Wildman–Crippen MR) is 118 cm³/mol. The number of aliphatic imine (C=N–C) groups is 1. The number of nitrogens with zero attached hydrogens (tertiary/aromatic N) is 5. The highest BCUT2D eigenvalue weighted by atomic mass is 127. The molecule has 1 aliphatic heterocycles. The quantitative estimate of drug-likeness (QED) is 0.295. The number of halogens is 1. The summed E-state index contributed by atoms with van der Waals surface area (Å²) in [5, 5.41) is 7.60. The Morgan fingerprint density at radius 1 is 1.43 bits per heavy atom. The lowest BCUT2D eigenvalue weighted by Crippen LogP contribution is -2.48. The molecular formula is C19H27IN6O2. The van der Waals surface area contributed by atoms with Crippen LogP contribution in [0.25, 0.3) is 5.82 Å². The zero-order chi connectivity index (χ0) is 19.1. The Morgan fingerprint density at radius 3 is 3.00 bits per heavy atom. The van der Waals surface area contributed by atoms with Gasteiger partial charge in [-0.25, -0.2) is 9.67 Å². The summed E-state index contributed by atoms with van der Waals surface area (Å²) in [4.78, 5) is 22.9. The van der Waals surface area contributed by atoms with E-state index >= 15 is 0 Å². The number of hydrogen-bond acceptors (Lipinski definition) is 5. The lowest BCUT2D eigenvalue weighted by molar-refractivity contribution is -0.149. The third-order valence-electron chi connectivity index (χ3n) is 4.55. The molecule has 2 aromatic heterocycles. The average Bonchev–Trinajstić information content (AvgIpc) is 3.24. The van der Waals surface area contributed by atoms with Gasteiger partial charge in [-0.2, -0.15) is 5.10 Å². The zero-order valence-electron chi connectivity index (χ0n) is 16.2. The van der Waals surface area contributed by atoms with Gasteiger partial charge in [0.1, 0.15) is 0 Å². The van der Waals surface area contributed by atoms with Gasteiger partial charge < -0.3 is 15.0 Å². The molecule has 1 N–H and O–H groups in total. The second kappa shape index (κ2) is 11.0. The molecule has 0 bridgehead atoms. The number of nitrogens with one attached hydrogen (secondary N) is 1. The fourth-order valence-electron chi connectivity index (χ4n) is 3.24. The number of pyridine rings is 1.